The van der Waals surface area contributed by atoms with Crippen LogP contribution < -0.4 is 4.90 Å². The van der Waals surface area contributed by atoms with Gasteiger partial charge in [0, 0.05) is 13.1 Å². The lowest BCUT2D eigenvalue weighted by Crippen LogP contribution is -2.30. The van der Waals surface area contributed by atoms with Gasteiger partial charge in [0.25, 0.3) is 5.95 Å². The Morgan fingerprint density at radius 1 is 1.29 bits per heavy atom. The number of nitrogens with zero attached hydrogens (tertiary/aromatic N) is 5. The van der Waals surface area contributed by atoms with Gasteiger partial charge in [0.1, 0.15) is 6.54 Å². The predicted octanol–water partition coefficient (Wildman–Crippen LogP) is 0.297. The fourth-order valence-electron chi connectivity index (χ4n) is 1.60. The molecule has 0 spiro atoms. The number of hydrogen-bond donors (Lipinski definition) is 0. The van der Waals surface area contributed by atoms with Crippen molar-refractivity contribution in [3.63, 3.8) is 0 Å². The molecule has 0 bridgehead atoms. The molecule has 0 unspecified atom stereocenters. The number of rotatable bonds is 2. The molecule has 2 heterocycles. The predicted molar refractivity (Wildman–Crippen MR) is 52.7 cm³/mol. The summed E-state index contributed by atoms with van der Waals surface area (Å²) in [4.78, 5) is 3.60. The zero-order valence-electron chi connectivity index (χ0n) is 8.06. The quantitative estimate of drug-likeness (QED) is 0.631. The summed E-state index contributed by atoms with van der Waals surface area (Å²) in [6, 6.07) is 0. The van der Waals surface area contributed by atoms with Crippen molar-refractivity contribution < 1.29 is 0 Å². The van der Waals surface area contributed by atoms with Gasteiger partial charge in [-0.3, -0.25) is 0 Å². The van der Waals surface area contributed by atoms with Crippen molar-refractivity contribution in [1.82, 2.24) is 20.2 Å². The normalized spacial score (nSPS) is 16.6. The van der Waals surface area contributed by atoms with Gasteiger partial charge >= 0.3 is 0 Å². The third kappa shape index (κ3) is 1.84. The van der Waals surface area contributed by atoms with E-state index >= 15 is 0 Å². The first-order valence-electron chi connectivity index (χ1n) is 4.86. The van der Waals surface area contributed by atoms with E-state index in [0.717, 1.165) is 13.1 Å². The van der Waals surface area contributed by atoms with Gasteiger partial charge in [-0.15, -0.1) is 11.5 Å². The topological polar surface area (TPSA) is 46.8 Å². The summed E-state index contributed by atoms with van der Waals surface area (Å²) >= 11 is 0. The standard InChI is InChI=1S/C9H13N5/c1-2-6-14-11-9(10-12-14)13-7-4-3-5-8-13/h1H,3-8H2. The van der Waals surface area contributed by atoms with E-state index in [2.05, 4.69) is 26.2 Å². The van der Waals surface area contributed by atoms with E-state index < -0.39 is 0 Å². The molecule has 5 nitrogen and oxygen atoms in total. The Kier molecular flexibility index (Phi) is 2.63. The smallest absolute Gasteiger partial charge is 0.266 e. The molecule has 1 fully saturated rings. The summed E-state index contributed by atoms with van der Waals surface area (Å²) in [6.07, 6.45) is 8.88. The fraction of sp³-hybridized carbons (Fsp3) is 0.667. The second-order valence-corrected chi connectivity index (χ2v) is 3.37. The van der Waals surface area contributed by atoms with Gasteiger partial charge in [-0.25, -0.2) is 0 Å². The zero-order chi connectivity index (χ0) is 9.80. The maximum atomic E-state index is 5.16. The van der Waals surface area contributed by atoms with E-state index in [1.807, 2.05) is 0 Å². The highest BCUT2D eigenvalue weighted by Crippen LogP contribution is 2.13. The molecule has 0 N–H and O–H groups in total. The Labute approximate surface area is 83.1 Å². The molecule has 0 amide bonds. The Morgan fingerprint density at radius 3 is 2.79 bits per heavy atom. The molecule has 0 aliphatic carbocycles. The zero-order valence-corrected chi connectivity index (χ0v) is 8.06. The van der Waals surface area contributed by atoms with Crippen LogP contribution in [0.25, 0.3) is 0 Å². The van der Waals surface area contributed by atoms with Gasteiger partial charge in [0.05, 0.1) is 0 Å². The third-order valence-corrected chi connectivity index (χ3v) is 2.31. The minimum atomic E-state index is 0.390. The highest BCUT2D eigenvalue weighted by molar-refractivity contribution is 5.26. The molecular formula is C9H13N5. The highest BCUT2D eigenvalue weighted by atomic mass is 15.6. The summed E-state index contributed by atoms with van der Waals surface area (Å²) in [7, 11) is 0. The summed E-state index contributed by atoms with van der Waals surface area (Å²) in [5.41, 5.74) is 0. The van der Waals surface area contributed by atoms with Crippen molar-refractivity contribution in [2.45, 2.75) is 25.8 Å². The first kappa shape index (κ1) is 9.00. The van der Waals surface area contributed by atoms with Crippen LogP contribution in [0.5, 0.6) is 0 Å². The van der Waals surface area contributed by atoms with Crippen LogP contribution in [0.3, 0.4) is 0 Å². The Morgan fingerprint density at radius 2 is 2.07 bits per heavy atom. The first-order chi connectivity index (χ1) is 6.90. The van der Waals surface area contributed by atoms with Crippen LogP contribution in [-0.2, 0) is 6.54 Å². The van der Waals surface area contributed by atoms with Crippen LogP contribution in [0.2, 0.25) is 0 Å². The molecule has 0 atom stereocenters. The SMILES string of the molecule is C#CCn1nnc(N2CCCCC2)n1. The second kappa shape index (κ2) is 4.09. The molecule has 5 heteroatoms. The van der Waals surface area contributed by atoms with E-state index in [1.165, 1.54) is 24.1 Å². The van der Waals surface area contributed by atoms with E-state index in [0.29, 0.717) is 12.5 Å². The van der Waals surface area contributed by atoms with E-state index in [9.17, 15) is 0 Å². The number of anilines is 1. The molecule has 14 heavy (non-hydrogen) atoms. The lowest BCUT2D eigenvalue weighted by atomic mass is 10.1. The van der Waals surface area contributed by atoms with Crippen molar-refractivity contribution >= 4 is 5.95 Å². The molecular weight excluding hydrogens is 178 g/mol. The number of piperidine rings is 1. The largest absolute Gasteiger partial charge is 0.338 e. The third-order valence-electron chi connectivity index (χ3n) is 2.31. The van der Waals surface area contributed by atoms with Crippen molar-refractivity contribution in [1.29, 1.82) is 0 Å². The van der Waals surface area contributed by atoms with E-state index in [-0.39, 0.29) is 0 Å². The van der Waals surface area contributed by atoms with Gasteiger partial charge in [0.15, 0.2) is 0 Å². The van der Waals surface area contributed by atoms with Crippen molar-refractivity contribution in [2.75, 3.05) is 18.0 Å². The number of tetrazole rings is 1. The van der Waals surface area contributed by atoms with Gasteiger partial charge in [-0.05, 0) is 24.5 Å². The molecule has 74 valence electrons. The molecule has 1 aromatic heterocycles. The minimum absolute atomic E-state index is 0.390. The minimum Gasteiger partial charge on any atom is -0.338 e. The van der Waals surface area contributed by atoms with Gasteiger partial charge < -0.3 is 4.90 Å². The van der Waals surface area contributed by atoms with Crippen LogP contribution in [0.15, 0.2) is 0 Å². The fourth-order valence-corrected chi connectivity index (χ4v) is 1.60. The first-order valence-corrected chi connectivity index (χ1v) is 4.86. The van der Waals surface area contributed by atoms with Crippen LogP contribution in [0.1, 0.15) is 19.3 Å². The summed E-state index contributed by atoms with van der Waals surface area (Å²) < 4.78 is 0. The maximum absolute atomic E-state index is 5.16. The van der Waals surface area contributed by atoms with E-state index in [4.69, 9.17) is 6.42 Å². The summed E-state index contributed by atoms with van der Waals surface area (Å²) in [6.45, 7) is 2.45. The van der Waals surface area contributed by atoms with Crippen molar-refractivity contribution in [3.8, 4) is 12.3 Å². The van der Waals surface area contributed by atoms with Crippen molar-refractivity contribution in [3.05, 3.63) is 0 Å². The van der Waals surface area contributed by atoms with Gasteiger partial charge in [-0.1, -0.05) is 11.0 Å². The molecule has 1 aliphatic heterocycles. The van der Waals surface area contributed by atoms with Crippen LogP contribution >= 0.6 is 0 Å². The molecule has 1 aromatic rings. The highest BCUT2D eigenvalue weighted by Gasteiger charge is 2.14. The lowest BCUT2D eigenvalue weighted by Gasteiger charge is -2.24. The number of hydrogen-bond acceptors (Lipinski definition) is 4. The molecule has 1 saturated heterocycles. The van der Waals surface area contributed by atoms with Crippen LogP contribution in [-0.4, -0.2) is 33.3 Å². The van der Waals surface area contributed by atoms with E-state index in [1.54, 1.807) is 0 Å². The molecule has 0 radical (unpaired) electrons. The summed E-state index contributed by atoms with van der Waals surface area (Å²) in [5, 5.41) is 12.0. The average molecular weight is 191 g/mol. The molecule has 2 rings (SSSR count). The Hall–Kier alpha value is -1.57. The molecule has 0 aromatic carbocycles. The molecule has 1 aliphatic rings. The summed E-state index contributed by atoms with van der Waals surface area (Å²) in [5.74, 6) is 3.19. The van der Waals surface area contributed by atoms with Gasteiger partial charge in [-0.2, -0.15) is 4.80 Å². The number of aromatic nitrogens is 4. The van der Waals surface area contributed by atoms with Crippen LogP contribution in [0, 0.1) is 12.3 Å². The second-order valence-electron chi connectivity index (χ2n) is 3.37. The van der Waals surface area contributed by atoms with Gasteiger partial charge in [0.2, 0.25) is 0 Å². The lowest BCUT2D eigenvalue weighted by molar-refractivity contribution is 0.562. The van der Waals surface area contributed by atoms with Crippen molar-refractivity contribution in [2.24, 2.45) is 0 Å². The number of terminal acetylenes is 1. The average Bonchev–Trinajstić information content (AvgIpc) is 2.68. The Balaban J connectivity index is 2.04. The molecule has 0 saturated carbocycles. The monoisotopic (exact) mass is 191 g/mol. The Bertz CT molecular complexity index is 331. The van der Waals surface area contributed by atoms with Crippen LogP contribution in [0.4, 0.5) is 5.95 Å². The maximum Gasteiger partial charge on any atom is 0.266 e.